The Hall–Kier alpha value is -1.61. The van der Waals surface area contributed by atoms with E-state index in [2.05, 4.69) is 32.9 Å². The van der Waals surface area contributed by atoms with Crippen molar-refractivity contribution < 1.29 is 4.21 Å². The normalized spacial score (nSPS) is 14.9. The molecule has 0 aliphatic rings. The zero-order valence-electron chi connectivity index (χ0n) is 12.7. The minimum atomic E-state index is -1.68. The van der Waals surface area contributed by atoms with E-state index >= 15 is 0 Å². The molecule has 0 aliphatic carbocycles. The van der Waals surface area contributed by atoms with Crippen molar-refractivity contribution in [2.75, 3.05) is 0 Å². The van der Waals surface area contributed by atoms with Crippen molar-refractivity contribution >= 4 is 10.6 Å². The van der Waals surface area contributed by atoms with Crippen LogP contribution >= 0.6 is 0 Å². The van der Waals surface area contributed by atoms with Gasteiger partial charge in [0.05, 0.1) is 0 Å². The van der Waals surface area contributed by atoms with Gasteiger partial charge < -0.3 is 8.99 Å². The molecule has 3 heteroatoms. The van der Waals surface area contributed by atoms with E-state index in [4.69, 9.17) is 4.78 Å². The molecule has 0 aliphatic heterocycles. The summed E-state index contributed by atoms with van der Waals surface area (Å²) in [5, 5.41) is -0.325. The molecule has 21 heavy (non-hydrogen) atoms. The molecule has 112 valence electrons. The van der Waals surface area contributed by atoms with Gasteiger partial charge in [-0.1, -0.05) is 87.0 Å². The third kappa shape index (κ3) is 3.73. The van der Waals surface area contributed by atoms with Crippen LogP contribution in [0, 0.1) is 10.2 Å². The molecule has 0 saturated heterocycles. The first kappa shape index (κ1) is 15.8. The summed E-state index contributed by atoms with van der Waals surface area (Å²) in [6.45, 7) is 6.44. The average molecular weight is 300 g/mol. The van der Waals surface area contributed by atoms with Gasteiger partial charge in [-0.2, -0.15) is 10.6 Å². The van der Waals surface area contributed by atoms with Crippen LogP contribution < -0.4 is 0 Å². The Labute approximate surface area is 129 Å². The van der Waals surface area contributed by atoms with Crippen molar-refractivity contribution in [2.24, 2.45) is 5.41 Å². The predicted octanol–water partition coefficient (Wildman–Crippen LogP) is 5.28. The summed E-state index contributed by atoms with van der Waals surface area (Å²) in [6.07, 6.45) is 0. The molecule has 0 saturated carbocycles. The first-order valence-corrected chi connectivity index (χ1v) is 8.34. The van der Waals surface area contributed by atoms with Crippen LogP contribution in [0.15, 0.2) is 60.7 Å². The number of hydrogen-bond acceptors (Lipinski definition) is 3. The minimum Gasteiger partial charge on any atom is -0.444 e. The second-order valence-corrected chi connectivity index (χ2v) is 7.49. The van der Waals surface area contributed by atoms with Crippen LogP contribution in [0.1, 0.15) is 43.1 Å². The monoisotopic (exact) mass is 300 g/mol. The fourth-order valence-corrected chi connectivity index (χ4v) is 4.09. The van der Waals surface area contributed by atoms with Gasteiger partial charge in [-0.25, -0.2) is 0 Å². The van der Waals surface area contributed by atoms with Crippen LogP contribution in [0.4, 0.5) is 0 Å². The van der Waals surface area contributed by atoms with E-state index in [1.165, 1.54) is 0 Å². The van der Waals surface area contributed by atoms with Crippen LogP contribution in [0.5, 0.6) is 0 Å². The van der Waals surface area contributed by atoms with E-state index in [0.717, 1.165) is 11.1 Å². The van der Waals surface area contributed by atoms with E-state index in [0.29, 0.717) is 0 Å². The minimum absolute atomic E-state index is 0.0273. The van der Waals surface area contributed by atoms with Crippen LogP contribution in [0.2, 0.25) is 0 Å². The molecular formula is C18H22NOS-. The maximum Gasteiger partial charge on any atom is -0.0197 e. The second kappa shape index (κ2) is 6.44. The lowest BCUT2D eigenvalue weighted by molar-refractivity contribution is 0.311. The van der Waals surface area contributed by atoms with Gasteiger partial charge in [0.1, 0.15) is 0 Å². The van der Waals surface area contributed by atoms with Crippen molar-refractivity contribution in [1.29, 1.82) is 4.78 Å². The standard InChI is InChI=1S/C18H22NOS/c1-18(2,3)16(14-10-6-4-7-11-14)17(21(19)20)15-12-8-5-9-13-15/h4-13,16-17,19H,1-3H3/q-1/t16-,17?/m1/s1. The topological polar surface area (TPSA) is 40.9 Å². The van der Waals surface area contributed by atoms with Gasteiger partial charge in [0.15, 0.2) is 0 Å². The molecule has 2 aromatic rings. The van der Waals surface area contributed by atoms with E-state index in [-0.39, 0.29) is 16.6 Å². The van der Waals surface area contributed by atoms with Gasteiger partial charge in [0.2, 0.25) is 0 Å². The molecule has 0 fully saturated rings. The Morgan fingerprint density at radius 1 is 0.857 bits per heavy atom. The zero-order chi connectivity index (χ0) is 15.5. The quantitative estimate of drug-likeness (QED) is 0.766. The van der Waals surface area contributed by atoms with Gasteiger partial charge in [-0.05, 0) is 22.1 Å². The SMILES string of the molecule is CC(C)(C)[C@H](c1ccccc1)C(c1ccccc1)[S-](=N)=O. The highest BCUT2D eigenvalue weighted by Gasteiger charge is 2.31. The van der Waals surface area contributed by atoms with Crippen molar-refractivity contribution in [1.82, 2.24) is 0 Å². The Morgan fingerprint density at radius 3 is 1.67 bits per heavy atom. The molecule has 2 atom stereocenters. The zero-order valence-corrected chi connectivity index (χ0v) is 13.6. The third-order valence-corrected chi connectivity index (χ3v) is 4.76. The van der Waals surface area contributed by atoms with Gasteiger partial charge >= 0.3 is 0 Å². The van der Waals surface area contributed by atoms with Crippen molar-refractivity contribution in [3.05, 3.63) is 71.8 Å². The highest BCUT2D eigenvalue weighted by atomic mass is 32.2. The maximum absolute atomic E-state index is 12.2. The molecule has 0 bridgehead atoms. The van der Waals surface area contributed by atoms with Gasteiger partial charge in [-0.15, -0.1) is 0 Å². The molecule has 0 aromatic heterocycles. The van der Waals surface area contributed by atoms with Crippen molar-refractivity contribution in [3.8, 4) is 0 Å². The van der Waals surface area contributed by atoms with Gasteiger partial charge in [0.25, 0.3) is 0 Å². The molecule has 1 N–H and O–H groups in total. The first-order valence-electron chi connectivity index (χ1n) is 7.13. The van der Waals surface area contributed by atoms with E-state index in [1.807, 2.05) is 48.5 Å². The summed E-state index contributed by atoms with van der Waals surface area (Å²) >= 11 is 0. The number of nitrogens with one attached hydrogen (secondary N) is 1. The molecule has 2 aromatic carbocycles. The Balaban J connectivity index is 2.58. The summed E-state index contributed by atoms with van der Waals surface area (Å²) in [5.41, 5.74) is 2.02. The predicted molar refractivity (Wildman–Crippen MR) is 88.6 cm³/mol. The summed E-state index contributed by atoms with van der Waals surface area (Å²) in [6, 6.07) is 19.9. The lowest BCUT2D eigenvalue weighted by Crippen LogP contribution is -2.25. The van der Waals surface area contributed by atoms with E-state index < -0.39 is 10.6 Å². The van der Waals surface area contributed by atoms with Crippen LogP contribution in [0.25, 0.3) is 0 Å². The smallest absolute Gasteiger partial charge is 0.0197 e. The van der Waals surface area contributed by atoms with E-state index in [9.17, 15) is 4.21 Å². The van der Waals surface area contributed by atoms with Crippen LogP contribution in [0.3, 0.4) is 0 Å². The molecule has 2 nitrogen and oxygen atoms in total. The Kier molecular flexibility index (Phi) is 4.84. The molecule has 0 amide bonds. The molecular weight excluding hydrogens is 278 g/mol. The summed E-state index contributed by atoms with van der Waals surface area (Å²) in [4.78, 5) is 0. The van der Waals surface area contributed by atoms with Crippen LogP contribution in [-0.2, 0) is 14.8 Å². The van der Waals surface area contributed by atoms with Crippen LogP contribution in [-0.4, -0.2) is 0 Å². The fraction of sp³-hybridized carbons (Fsp3) is 0.333. The molecule has 2 rings (SSSR count). The van der Waals surface area contributed by atoms with Gasteiger partial charge in [0, 0.05) is 0 Å². The second-order valence-electron chi connectivity index (χ2n) is 6.38. The summed E-state index contributed by atoms with van der Waals surface area (Å²) in [5.74, 6) is 0.0273. The van der Waals surface area contributed by atoms with Crippen molar-refractivity contribution in [2.45, 2.75) is 31.9 Å². The largest absolute Gasteiger partial charge is 0.444 e. The summed E-state index contributed by atoms with van der Waals surface area (Å²) in [7, 11) is -1.68. The lowest BCUT2D eigenvalue weighted by atomic mass is 9.73. The fourth-order valence-electron chi connectivity index (χ4n) is 2.87. The number of rotatable bonds is 4. The molecule has 0 spiro atoms. The molecule has 0 heterocycles. The number of hydrogen-bond donors (Lipinski definition) is 1. The average Bonchev–Trinajstić information content (AvgIpc) is 2.44. The Morgan fingerprint density at radius 2 is 1.29 bits per heavy atom. The summed E-state index contributed by atoms with van der Waals surface area (Å²) < 4.78 is 20.1. The molecule has 1 unspecified atom stereocenters. The number of benzene rings is 2. The van der Waals surface area contributed by atoms with Gasteiger partial charge in [-0.3, -0.25) is 0 Å². The van der Waals surface area contributed by atoms with Crippen molar-refractivity contribution in [3.63, 3.8) is 0 Å². The highest BCUT2D eigenvalue weighted by molar-refractivity contribution is 7.73. The Bertz CT molecular complexity index is 634. The first-order chi connectivity index (χ1) is 9.91. The van der Waals surface area contributed by atoms with E-state index in [1.54, 1.807) is 0 Å². The highest BCUT2D eigenvalue weighted by Crippen LogP contribution is 2.45. The maximum atomic E-state index is 12.2. The lowest BCUT2D eigenvalue weighted by Gasteiger charge is -2.40. The third-order valence-electron chi connectivity index (χ3n) is 3.75. The molecule has 0 radical (unpaired) electrons.